The molecule has 2 N–H and O–H groups in total. The maximum Gasteiger partial charge on any atom is 0.269 e. The van der Waals surface area contributed by atoms with Crippen LogP contribution < -0.4 is 4.90 Å². The molecule has 1 aromatic heterocycles. The Bertz CT molecular complexity index is 1340. The monoisotopic (exact) mass is 471 g/mol. The summed E-state index contributed by atoms with van der Waals surface area (Å²) in [5.74, 6) is -0.551. The van der Waals surface area contributed by atoms with Gasteiger partial charge in [0.15, 0.2) is 5.78 Å². The van der Waals surface area contributed by atoms with Crippen molar-refractivity contribution in [1.29, 1.82) is 5.41 Å². The van der Waals surface area contributed by atoms with Crippen molar-refractivity contribution in [3.8, 4) is 0 Å². The lowest BCUT2D eigenvalue weighted by Gasteiger charge is -2.41. The summed E-state index contributed by atoms with van der Waals surface area (Å²) in [6, 6.07) is 18.8. The Morgan fingerprint density at radius 3 is 2.44 bits per heavy atom. The predicted octanol–water partition coefficient (Wildman–Crippen LogP) is 6.21. The molecule has 0 spiro atoms. The average molecular weight is 472 g/mol. The number of benzene rings is 2. The number of ketones is 1. The van der Waals surface area contributed by atoms with E-state index in [9.17, 15) is 25.4 Å². The fourth-order valence-electron chi connectivity index (χ4n) is 4.69. The molecule has 0 saturated carbocycles. The van der Waals surface area contributed by atoms with Crippen LogP contribution in [0.4, 0.5) is 11.4 Å². The van der Waals surface area contributed by atoms with Crippen LogP contribution in [0.25, 0.3) is 5.76 Å². The fourth-order valence-corrected chi connectivity index (χ4v) is 5.53. The molecular formula is C26H21N3O4S. The highest BCUT2D eigenvalue weighted by Crippen LogP contribution is 2.48. The number of rotatable bonds is 4. The van der Waals surface area contributed by atoms with E-state index >= 15 is 0 Å². The molecule has 8 heteroatoms. The maximum absolute atomic E-state index is 13.3. The molecule has 2 aromatic carbocycles. The second-order valence-corrected chi connectivity index (χ2v) is 9.15. The van der Waals surface area contributed by atoms with Gasteiger partial charge in [0.25, 0.3) is 5.69 Å². The van der Waals surface area contributed by atoms with Crippen LogP contribution in [0.5, 0.6) is 0 Å². The average Bonchev–Trinajstić information content (AvgIpc) is 3.38. The number of aliphatic hydroxyl groups excluding tert-OH is 1. The van der Waals surface area contributed by atoms with Gasteiger partial charge in [0.05, 0.1) is 16.4 Å². The molecule has 3 aromatic rings. The van der Waals surface area contributed by atoms with Gasteiger partial charge in [0.2, 0.25) is 0 Å². The lowest BCUT2D eigenvalue weighted by Crippen LogP contribution is -2.42. The molecule has 170 valence electrons. The molecule has 0 radical (unpaired) electrons. The first-order valence-corrected chi connectivity index (χ1v) is 11.8. The van der Waals surface area contributed by atoms with E-state index in [0.29, 0.717) is 41.7 Å². The highest BCUT2D eigenvalue weighted by molar-refractivity contribution is 7.10. The summed E-state index contributed by atoms with van der Waals surface area (Å²) < 4.78 is 0. The van der Waals surface area contributed by atoms with E-state index in [0.717, 1.165) is 10.6 Å². The summed E-state index contributed by atoms with van der Waals surface area (Å²) in [6.07, 6.45) is 1.67. The Morgan fingerprint density at radius 2 is 1.79 bits per heavy atom. The summed E-state index contributed by atoms with van der Waals surface area (Å²) >= 11 is 1.49. The van der Waals surface area contributed by atoms with Crippen molar-refractivity contribution in [3.05, 3.63) is 110 Å². The number of aliphatic hydroxyl groups is 1. The number of nitro benzene ring substituents is 1. The molecule has 0 bridgehead atoms. The van der Waals surface area contributed by atoms with Crippen LogP contribution in [0.3, 0.4) is 0 Å². The number of nitro groups is 1. The number of carbonyl (C=O) groups excluding carboxylic acids is 1. The SMILES string of the molecule is N=C1C(=C(O)c2ccccc2)[C@H](c2cccs2)C2=C(CCCC2=O)N1c1ccc([N+](=O)[O-])cc1. The highest BCUT2D eigenvalue weighted by atomic mass is 32.1. The number of amidine groups is 1. The lowest BCUT2D eigenvalue weighted by atomic mass is 9.76. The Morgan fingerprint density at radius 1 is 1.06 bits per heavy atom. The molecule has 0 unspecified atom stereocenters. The number of allylic oxidation sites excluding steroid dienone is 2. The molecule has 2 aliphatic rings. The van der Waals surface area contributed by atoms with Crippen LogP contribution in [-0.2, 0) is 4.79 Å². The minimum Gasteiger partial charge on any atom is -0.507 e. The minimum atomic E-state index is -0.551. The first-order valence-electron chi connectivity index (χ1n) is 10.9. The maximum atomic E-state index is 13.3. The summed E-state index contributed by atoms with van der Waals surface area (Å²) in [7, 11) is 0. The number of thiophene rings is 1. The van der Waals surface area contributed by atoms with Gasteiger partial charge in [0, 0.05) is 46.0 Å². The summed E-state index contributed by atoms with van der Waals surface area (Å²) in [4.78, 5) is 26.5. The normalized spacial score (nSPS) is 19.8. The Balaban J connectivity index is 1.78. The molecule has 0 amide bonds. The van der Waals surface area contributed by atoms with Gasteiger partial charge in [-0.1, -0.05) is 36.4 Å². The zero-order valence-corrected chi connectivity index (χ0v) is 18.9. The van der Waals surface area contributed by atoms with Gasteiger partial charge < -0.3 is 5.11 Å². The Kier molecular flexibility index (Phi) is 5.59. The van der Waals surface area contributed by atoms with Crippen molar-refractivity contribution in [1.82, 2.24) is 0 Å². The number of nitrogens with one attached hydrogen (secondary N) is 1. The molecule has 1 atom stereocenters. The number of non-ortho nitro benzene ring substituents is 1. The second kappa shape index (κ2) is 8.72. The number of hydrogen-bond donors (Lipinski definition) is 2. The van der Waals surface area contributed by atoms with Gasteiger partial charge in [-0.15, -0.1) is 11.3 Å². The third-order valence-electron chi connectivity index (χ3n) is 6.20. The third-order valence-corrected chi connectivity index (χ3v) is 7.14. The van der Waals surface area contributed by atoms with E-state index in [4.69, 9.17) is 0 Å². The van der Waals surface area contributed by atoms with Crippen LogP contribution in [0.2, 0.25) is 0 Å². The fraction of sp³-hybridized carbons (Fsp3) is 0.154. The zero-order valence-electron chi connectivity index (χ0n) is 18.1. The first-order chi connectivity index (χ1) is 16.5. The molecule has 1 aliphatic carbocycles. The van der Waals surface area contributed by atoms with Crippen molar-refractivity contribution in [2.75, 3.05) is 4.90 Å². The number of carbonyl (C=O) groups is 1. The van der Waals surface area contributed by atoms with Crippen molar-refractivity contribution in [2.45, 2.75) is 25.2 Å². The number of anilines is 1. The summed E-state index contributed by atoms with van der Waals surface area (Å²) in [5, 5.41) is 33.7. The topological polar surface area (TPSA) is 108 Å². The van der Waals surface area contributed by atoms with E-state index in [1.807, 2.05) is 35.7 Å². The standard InChI is InChI=1S/C26H21N3O4S/c27-26-24(25(31)16-6-2-1-3-7-16)23(21-10-5-15-34-21)22-19(8-4-9-20(22)30)28(26)17-11-13-18(14-12-17)29(32)33/h1-3,5-7,10-15,23,27,31H,4,8-9H2/t23-/m1/s1. The molecule has 7 nitrogen and oxygen atoms in total. The number of Topliss-reactive ketones (excluding diaryl/α,β-unsaturated/α-hetero) is 1. The smallest absolute Gasteiger partial charge is 0.269 e. The van der Waals surface area contributed by atoms with Crippen molar-refractivity contribution in [3.63, 3.8) is 0 Å². The van der Waals surface area contributed by atoms with Gasteiger partial charge in [-0.2, -0.15) is 0 Å². The molecule has 34 heavy (non-hydrogen) atoms. The van der Waals surface area contributed by atoms with Gasteiger partial charge in [-0.25, -0.2) is 0 Å². The highest BCUT2D eigenvalue weighted by Gasteiger charge is 2.43. The Labute approximate surface area is 199 Å². The molecule has 0 fully saturated rings. The van der Waals surface area contributed by atoms with Crippen molar-refractivity contribution >= 4 is 40.1 Å². The Hall–Kier alpha value is -4.04. The van der Waals surface area contributed by atoms with Crippen LogP contribution in [0.15, 0.2) is 89.0 Å². The molecule has 2 heterocycles. The van der Waals surface area contributed by atoms with Crippen molar-refractivity contribution < 1.29 is 14.8 Å². The van der Waals surface area contributed by atoms with E-state index in [2.05, 4.69) is 0 Å². The molecule has 5 rings (SSSR count). The number of hydrogen-bond acceptors (Lipinski definition) is 6. The van der Waals surface area contributed by atoms with E-state index in [-0.39, 0.29) is 23.1 Å². The quantitative estimate of drug-likeness (QED) is 0.267. The molecule has 1 aliphatic heterocycles. The summed E-state index contributed by atoms with van der Waals surface area (Å²) in [5.41, 5.74) is 2.70. The number of nitrogens with zero attached hydrogens (tertiary/aromatic N) is 2. The minimum absolute atomic E-state index is 0.00239. The molecular weight excluding hydrogens is 450 g/mol. The van der Waals surface area contributed by atoms with Gasteiger partial charge in [-0.3, -0.25) is 25.2 Å². The van der Waals surface area contributed by atoms with Crippen molar-refractivity contribution in [2.24, 2.45) is 0 Å². The molecule has 0 saturated heterocycles. The first kappa shape index (κ1) is 21.8. The van der Waals surface area contributed by atoms with E-state index < -0.39 is 10.8 Å². The zero-order chi connectivity index (χ0) is 23.8. The second-order valence-electron chi connectivity index (χ2n) is 8.17. The third kappa shape index (κ3) is 3.62. The van der Waals surface area contributed by atoms with Crippen LogP contribution in [0.1, 0.15) is 35.6 Å². The van der Waals surface area contributed by atoms with Crippen LogP contribution >= 0.6 is 11.3 Å². The van der Waals surface area contributed by atoms with E-state index in [1.54, 1.807) is 29.2 Å². The predicted molar refractivity (Wildman–Crippen MR) is 132 cm³/mol. The van der Waals surface area contributed by atoms with Gasteiger partial charge in [-0.05, 0) is 36.4 Å². The lowest BCUT2D eigenvalue weighted by molar-refractivity contribution is -0.384. The largest absolute Gasteiger partial charge is 0.507 e. The van der Waals surface area contributed by atoms with Crippen LogP contribution in [-0.4, -0.2) is 21.6 Å². The van der Waals surface area contributed by atoms with Gasteiger partial charge in [0.1, 0.15) is 11.6 Å². The van der Waals surface area contributed by atoms with E-state index in [1.165, 1.54) is 23.5 Å². The van der Waals surface area contributed by atoms with Gasteiger partial charge >= 0.3 is 0 Å². The van der Waals surface area contributed by atoms with Crippen LogP contribution in [0, 0.1) is 15.5 Å². The summed E-state index contributed by atoms with van der Waals surface area (Å²) in [6.45, 7) is 0.